The number of fused-ring (bicyclic) bond motifs is 1. The molecule has 1 fully saturated rings. The molecule has 1 aromatic heterocycles. The molecule has 0 saturated carbocycles. The molecule has 0 aliphatic carbocycles. The Morgan fingerprint density at radius 3 is 3.00 bits per heavy atom. The first-order valence-electron chi connectivity index (χ1n) is 11.3. The van der Waals surface area contributed by atoms with Gasteiger partial charge in [0.15, 0.2) is 5.82 Å². The number of hydrogen-bond acceptors (Lipinski definition) is 9. The number of benzene rings is 1. The van der Waals surface area contributed by atoms with Crippen LogP contribution in [0.3, 0.4) is 0 Å². The number of ether oxygens (including phenoxy) is 2. The van der Waals surface area contributed by atoms with Crippen LogP contribution in [0.5, 0.6) is 5.75 Å². The molecule has 3 aliphatic heterocycles. The van der Waals surface area contributed by atoms with Gasteiger partial charge in [-0.3, -0.25) is 14.5 Å². The van der Waals surface area contributed by atoms with Crippen molar-refractivity contribution >= 4 is 29.6 Å². The molecule has 1 amide bonds. The minimum absolute atomic E-state index is 0.0222. The molecule has 3 aliphatic rings. The van der Waals surface area contributed by atoms with E-state index in [2.05, 4.69) is 26.2 Å². The number of anilines is 1. The molecule has 190 valence electrons. The number of allylic oxidation sites excluding steroid dienone is 1. The Kier molecular flexibility index (Phi) is 7.32. The lowest BCUT2D eigenvalue weighted by Crippen LogP contribution is -2.46. The summed E-state index contributed by atoms with van der Waals surface area (Å²) in [5, 5.41) is 12.6. The van der Waals surface area contributed by atoms with Gasteiger partial charge in [0.05, 0.1) is 37.1 Å². The van der Waals surface area contributed by atoms with E-state index < -0.39 is 6.61 Å². The van der Waals surface area contributed by atoms with Gasteiger partial charge in [0.2, 0.25) is 0 Å². The molecule has 0 spiro atoms. The lowest BCUT2D eigenvalue weighted by atomic mass is 10.1. The predicted molar refractivity (Wildman–Crippen MR) is 132 cm³/mol. The van der Waals surface area contributed by atoms with Gasteiger partial charge in [-0.2, -0.15) is 13.9 Å². The van der Waals surface area contributed by atoms with E-state index in [0.717, 1.165) is 4.90 Å². The Bertz CT molecular complexity index is 1230. The van der Waals surface area contributed by atoms with Gasteiger partial charge in [-0.25, -0.2) is 10.4 Å². The number of thioether (sulfide) groups is 1. The largest absolute Gasteiger partial charge is 0.434 e. The van der Waals surface area contributed by atoms with Gasteiger partial charge in [0.25, 0.3) is 5.91 Å². The Morgan fingerprint density at radius 1 is 1.39 bits per heavy atom. The second kappa shape index (κ2) is 10.8. The predicted octanol–water partition coefficient (Wildman–Crippen LogP) is 2.43. The minimum atomic E-state index is -3.00. The zero-order valence-electron chi connectivity index (χ0n) is 19.4. The quantitative estimate of drug-likeness (QED) is 0.413. The fraction of sp³-hybridized carbons (Fsp3) is 0.348. The summed E-state index contributed by atoms with van der Waals surface area (Å²) < 4.78 is 38.0. The number of alkyl halides is 2. The van der Waals surface area contributed by atoms with E-state index in [4.69, 9.17) is 9.47 Å². The van der Waals surface area contributed by atoms with Gasteiger partial charge in [-0.1, -0.05) is 0 Å². The van der Waals surface area contributed by atoms with Gasteiger partial charge >= 0.3 is 6.61 Å². The molecule has 0 radical (unpaired) electrons. The Hall–Kier alpha value is -3.26. The van der Waals surface area contributed by atoms with Crippen molar-refractivity contribution in [1.29, 1.82) is 0 Å². The first-order valence-corrected chi connectivity index (χ1v) is 12.5. The van der Waals surface area contributed by atoms with Crippen molar-refractivity contribution in [2.45, 2.75) is 24.1 Å². The van der Waals surface area contributed by atoms with Crippen LogP contribution in [0.15, 0.2) is 58.0 Å². The molecule has 0 bridgehead atoms. The van der Waals surface area contributed by atoms with Crippen LogP contribution in [0, 0.1) is 0 Å². The number of carbonyl (C=O) groups excluding carboxylic acids is 1. The van der Waals surface area contributed by atoms with Crippen molar-refractivity contribution in [1.82, 2.24) is 25.5 Å². The van der Waals surface area contributed by atoms with Crippen molar-refractivity contribution in [3.05, 3.63) is 48.1 Å². The van der Waals surface area contributed by atoms with Crippen LogP contribution in [0.2, 0.25) is 0 Å². The molecule has 1 aromatic carbocycles. The average molecular weight is 518 g/mol. The van der Waals surface area contributed by atoms with E-state index >= 15 is 0 Å². The molecule has 0 unspecified atom stereocenters. The number of halogens is 2. The van der Waals surface area contributed by atoms with Crippen LogP contribution >= 0.6 is 11.8 Å². The summed E-state index contributed by atoms with van der Waals surface area (Å²) in [4.78, 5) is 18.4. The molecule has 4 heterocycles. The van der Waals surface area contributed by atoms with Gasteiger partial charge in [0, 0.05) is 42.2 Å². The highest BCUT2D eigenvalue weighted by Crippen LogP contribution is 2.38. The molecular formula is C23H25F2N7O3S. The Balaban J connectivity index is 1.46. The zero-order valence-corrected chi connectivity index (χ0v) is 20.2. The zero-order chi connectivity index (χ0) is 25.1. The first kappa shape index (κ1) is 24.4. The fourth-order valence-corrected chi connectivity index (χ4v) is 4.37. The maximum absolute atomic E-state index is 13.2. The summed E-state index contributed by atoms with van der Waals surface area (Å²) in [5.74, 6) is 0.114. The molecule has 1 saturated heterocycles. The topological polar surface area (TPSA) is 105 Å². The molecule has 13 heteroatoms. The molecule has 10 nitrogen and oxygen atoms in total. The summed E-state index contributed by atoms with van der Waals surface area (Å²) in [6.45, 7) is -0.240. The van der Waals surface area contributed by atoms with E-state index in [-0.39, 0.29) is 11.7 Å². The van der Waals surface area contributed by atoms with Crippen molar-refractivity contribution in [2.24, 2.45) is 4.99 Å². The second-order valence-electron chi connectivity index (χ2n) is 8.16. The summed E-state index contributed by atoms with van der Waals surface area (Å²) in [7, 11) is 0. The highest BCUT2D eigenvalue weighted by molar-refractivity contribution is 7.98. The van der Waals surface area contributed by atoms with Gasteiger partial charge < -0.3 is 20.1 Å². The third-order valence-electron chi connectivity index (χ3n) is 5.80. The number of carbonyl (C=O) groups is 1. The highest BCUT2D eigenvalue weighted by Gasteiger charge is 2.28. The number of aliphatic imine (C=N–C) groups is 1. The Labute approximate surface area is 210 Å². The number of amides is 1. The fourth-order valence-electron chi connectivity index (χ4n) is 3.93. The van der Waals surface area contributed by atoms with Crippen LogP contribution in [0.4, 0.5) is 14.5 Å². The molecule has 3 N–H and O–H groups in total. The van der Waals surface area contributed by atoms with Crippen molar-refractivity contribution in [2.75, 3.05) is 37.9 Å². The van der Waals surface area contributed by atoms with Crippen molar-refractivity contribution < 1.29 is 23.0 Å². The highest BCUT2D eigenvalue weighted by atomic mass is 32.2. The molecule has 2 aromatic rings. The average Bonchev–Trinajstić information content (AvgIpc) is 3.45. The van der Waals surface area contributed by atoms with E-state index in [9.17, 15) is 13.6 Å². The number of nitrogens with one attached hydrogen (secondary N) is 3. The van der Waals surface area contributed by atoms with Crippen LogP contribution in [0.1, 0.15) is 0 Å². The molecule has 5 rings (SSSR count). The number of hydrogen-bond donors (Lipinski definition) is 3. The lowest BCUT2D eigenvalue weighted by Gasteiger charge is -2.26. The van der Waals surface area contributed by atoms with E-state index in [1.54, 1.807) is 46.5 Å². The second-order valence-corrected chi connectivity index (χ2v) is 9.04. The molecular weight excluding hydrogens is 492 g/mol. The Morgan fingerprint density at radius 2 is 2.25 bits per heavy atom. The number of aromatic nitrogens is 2. The third-order valence-corrected chi connectivity index (χ3v) is 6.52. The van der Waals surface area contributed by atoms with E-state index in [0.29, 0.717) is 67.2 Å². The summed E-state index contributed by atoms with van der Waals surface area (Å²) >= 11 is 1.46. The summed E-state index contributed by atoms with van der Waals surface area (Å²) in [5.41, 5.74) is 4.60. The van der Waals surface area contributed by atoms with Crippen LogP contribution < -0.4 is 20.8 Å². The van der Waals surface area contributed by atoms with Gasteiger partial charge in [0.1, 0.15) is 11.4 Å². The first-order chi connectivity index (χ1) is 17.5. The van der Waals surface area contributed by atoms with Gasteiger partial charge in [-0.05, 0) is 30.5 Å². The van der Waals surface area contributed by atoms with E-state index in [1.807, 2.05) is 6.26 Å². The van der Waals surface area contributed by atoms with E-state index in [1.165, 1.54) is 17.8 Å². The maximum Gasteiger partial charge on any atom is 0.387 e. The minimum Gasteiger partial charge on any atom is -0.434 e. The smallest absolute Gasteiger partial charge is 0.387 e. The van der Waals surface area contributed by atoms with Crippen LogP contribution in [0.25, 0.3) is 11.3 Å². The standard InChI is InChI=1S/C23H25F2N7O3S/c1-36-15-3-4-19(35-23(24)25)16(9-15)20-18(11-31(30-20)8-6-26-14-12-34-13-14)29-22(33)17-10-28-32-7-2-5-27-21(17)32/h2-5,7,9,11,14,23,26,28H,6,8,10,12-13H2,1H3,(H,29,33). The summed E-state index contributed by atoms with van der Waals surface area (Å²) in [6, 6.07) is 5.22. The number of hydrazine groups is 1. The third kappa shape index (κ3) is 5.28. The number of rotatable bonds is 10. The normalized spacial score (nSPS) is 17.1. The van der Waals surface area contributed by atoms with Gasteiger partial charge in [-0.15, -0.1) is 11.8 Å². The molecule has 36 heavy (non-hydrogen) atoms. The molecule has 0 atom stereocenters. The van der Waals surface area contributed by atoms with Crippen molar-refractivity contribution in [3.63, 3.8) is 0 Å². The monoisotopic (exact) mass is 517 g/mol. The summed E-state index contributed by atoms with van der Waals surface area (Å²) in [6.07, 6.45) is 8.72. The van der Waals surface area contributed by atoms with Crippen LogP contribution in [-0.4, -0.2) is 72.1 Å². The lowest BCUT2D eigenvalue weighted by molar-refractivity contribution is -0.112. The SMILES string of the molecule is CSc1ccc(OC(F)F)c(-c2nn(CCNC3COC3)cc2NC(=O)C2=C3N=CC=CN3NC2)c1. The van der Waals surface area contributed by atoms with Crippen LogP contribution in [-0.2, 0) is 16.1 Å². The van der Waals surface area contributed by atoms with Crippen molar-refractivity contribution in [3.8, 4) is 17.0 Å². The maximum atomic E-state index is 13.2. The number of nitrogens with zero attached hydrogens (tertiary/aromatic N) is 4.